The molecule has 2 aromatic rings. The van der Waals surface area contributed by atoms with E-state index in [4.69, 9.17) is 10.00 Å². The fraction of sp³-hybridized carbons (Fsp3) is 0.211. The molecular formula is C19H17N3O2. The van der Waals surface area contributed by atoms with Crippen LogP contribution in [-0.2, 0) is 11.2 Å². The molecule has 24 heavy (non-hydrogen) atoms. The highest BCUT2D eigenvalue weighted by atomic mass is 16.5. The molecule has 0 spiro atoms. The van der Waals surface area contributed by atoms with Crippen LogP contribution in [0.25, 0.3) is 0 Å². The molecule has 1 amide bonds. The van der Waals surface area contributed by atoms with Crippen LogP contribution in [0.15, 0.2) is 53.6 Å². The van der Waals surface area contributed by atoms with Gasteiger partial charge in [0.1, 0.15) is 5.75 Å². The summed E-state index contributed by atoms with van der Waals surface area (Å²) in [4.78, 5) is 12.4. The van der Waals surface area contributed by atoms with Gasteiger partial charge < -0.3 is 4.74 Å². The predicted molar refractivity (Wildman–Crippen MR) is 90.7 cm³/mol. The smallest absolute Gasteiger partial charge is 0.247 e. The zero-order valence-corrected chi connectivity index (χ0v) is 13.4. The number of carbonyl (C=O) groups excluding carboxylic acids is 1. The van der Waals surface area contributed by atoms with E-state index >= 15 is 0 Å². The molecule has 0 fully saturated rings. The summed E-state index contributed by atoms with van der Waals surface area (Å²) >= 11 is 0. The lowest BCUT2D eigenvalue weighted by atomic mass is 10.1. The normalized spacial score (nSPS) is 13.3. The molecule has 0 saturated heterocycles. The Morgan fingerprint density at radius 2 is 2.12 bits per heavy atom. The molecule has 2 aromatic carbocycles. The van der Waals surface area contributed by atoms with E-state index in [1.54, 1.807) is 19.2 Å². The van der Waals surface area contributed by atoms with Gasteiger partial charge in [-0.3, -0.25) is 4.79 Å². The first-order valence-electron chi connectivity index (χ1n) is 7.71. The third kappa shape index (κ3) is 3.44. The molecule has 0 saturated carbocycles. The second-order valence-corrected chi connectivity index (χ2v) is 5.53. The maximum atomic E-state index is 12.4. The Kier molecular flexibility index (Phi) is 4.57. The number of hydrogen-bond donors (Lipinski definition) is 0. The van der Waals surface area contributed by atoms with Crippen molar-refractivity contribution >= 4 is 11.6 Å². The first-order chi connectivity index (χ1) is 11.7. The van der Waals surface area contributed by atoms with Gasteiger partial charge in [0.25, 0.3) is 0 Å². The summed E-state index contributed by atoms with van der Waals surface area (Å²) in [6, 6.07) is 16.9. The molecule has 5 nitrogen and oxygen atoms in total. The maximum absolute atomic E-state index is 12.4. The monoisotopic (exact) mass is 319 g/mol. The Morgan fingerprint density at radius 3 is 2.92 bits per heavy atom. The molecule has 5 heteroatoms. The largest absolute Gasteiger partial charge is 0.497 e. The Hall–Kier alpha value is -3.13. The molecule has 1 aliphatic heterocycles. The quantitative estimate of drug-likeness (QED) is 0.870. The molecule has 1 heterocycles. The Labute approximate surface area is 140 Å². The van der Waals surface area contributed by atoms with Crippen molar-refractivity contribution in [2.75, 3.05) is 13.7 Å². The molecule has 0 atom stereocenters. The second-order valence-electron chi connectivity index (χ2n) is 5.53. The molecule has 0 aromatic heterocycles. The van der Waals surface area contributed by atoms with Crippen LogP contribution in [0, 0.1) is 11.3 Å². The first kappa shape index (κ1) is 15.8. The summed E-state index contributed by atoms with van der Waals surface area (Å²) in [6.07, 6.45) is 0.977. The van der Waals surface area contributed by atoms with Gasteiger partial charge in [-0.05, 0) is 35.4 Å². The summed E-state index contributed by atoms with van der Waals surface area (Å²) in [6.45, 7) is 0.564. The lowest BCUT2D eigenvalue weighted by molar-refractivity contribution is -0.130. The number of nitriles is 1. The Morgan fingerprint density at radius 1 is 1.29 bits per heavy atom. The minimum Gasteiger partial charge on any atom is -0.497 e. The highest BCUT2D eigenvalue weighted by Crippen LogP contribution is 2.18. The van der Waals surface area contributed by atoms with Crippen molar-refractivity contribution in [3.8, 4) is 11.8 Å². The number of benzene rings is 2. The molecule has 1 aliphatic rings. The number of hydrogen-bond acceptors (Lipinski definition) is 4. The predicted octanol–water partition coefficient (Wildman–Crippen LogP) is 2.75. The molecule has 0 N–H and O–H groups in total. The molecule has 0 aliphatic carbocycles. The minimum atomic E-state index is -0.0466. The van der Waals surface area contributed by atoms with Crippen molar-refractivity contribution in [3.63, 3.8) is 0 Å². The highest BCUT2D eigenvalue weighted by molar-refractivity contribution is 6.03. The zero-order valence-electron chi connectivity index (χ0n) is 13.4. The van der Waals surface area contributed by atoms with Crippen LogP contribution in [0.3, 0.4) is 0 Å². The second kappa shape index (κ2) is 6.97. The van der Waals surface area contributed by atoms with Crippen LogP contribution in [0.2, 0.25) is 0 Å². The van der Waals surface area contributed by atoms with E-state index < -0.39 is 0 Å². The van der Waals surface area contributed by atoms with E-state index in [2.05, 4.69) is 11.2 Å². The molecular weight excluding hydrogens is 302 g/mol. The van der Waals surface area contributed by atoms with Gasteiger partial charge in [0.15, 0.2) is 0 Å². The summed E-state index contributed by atoms with van der Waals surface area (Å²) in [5.74, 6) is 0.689. The van der Waals surface area contributed by atoms with Crippen molar-refractivity contribution in [2.45, 2.75) is 12.8 Å². The topological polar surface area (TPSA) is 65.7 Å². The van der Waals surface area contributed by atoms with Crippen molar-refractivity contribution in [1.29, 1.82) is 5.26 Å². The zero-order chi connectivity index (χ0) is 16.9. The molecule has 120 valence electrons. The number of carbonyl (C=O) groups is 1. The fourth-order valence-corrected chi connectivity index (χ4v) is 2.66. The van der Waals surface area contributed by atoms with Gasteiger partial charge in [0.2, 0.25) is 5.91 Å². The number of amides is 1. The SMILES string of the molecule is COc1cccc(CC(=O)N2CCC(c3cccc(C#N)c3)=N2)c1. The van der Waals surface area contributed by atoms with Crippen LogP contribution < -0.4 is 4.74 Å². The third-order valence-electron chi connectivity index (χ3n) is 3.90. The van der Waals surface area contributed by atoms with Crippen LogP contribution in [0.5, 0.6) is 5.75 Å². The fourth-order valence-electron chi connectivity index (χ4n) is 2.66. The minimum absolute atomic E-state index is 0.0466. The van der Waals surface area contributed by atoms with Crippen LogP contribution in [0.4, 0.5) is 0 Å². The number of rotatable bonds is 4. The van der Waals surface area contributed by atoms with Gasteiger partial charge in [0.05, 0.1) is 37.4 Å². The first-order valence-corrected chi connectivity index (χ1v) is 7.71. The lowest BCUT2D eigenvalue weighted by Crippen LogP contribution is -2.25. The van der Waals surface area contributed by atoms with Crippen molar-refractivity contribution in [2.24, 2.45) is 5.10 Å². The Balaban J connectivity index is 1.72. The van der Waals surface area contributed by atoms with Crippen molar-refractivity contribution in [3.05, 3.63) is 65.2 Å². The van der Waals surface area contributed by atoms with Gasteiger partial charge >= 0.3 is 0 Å². The molecule has 3 rings (SSSR count). The van der Waals surface area contributed by atoms with Crippen LogP contribution >= 0.6 is 0 Å². The van der Waals surface area contributed by atoms with E-state index in [9.17, 15) is 4.79 Å². The number of hydrazone groups is 1. The highest BCUT2D eigenvalue weighted by Gasteiger charge is 2.21. The van der Waals surface area contributed by atoms with E-state index in [1.165, 1.54) is 5.01 Å². The van der Waals surface area contributed by atoms with Crippen molar-refractivity contribution in [1.82, 2.24) is 5.01 Å². The van der Waals surface area contributed by atoms with Gasteiger partial charge in [-0.2, -0.15) is 10.4 Å². The van der Waals surface area contributed by atoms with E-state index in [0.29, 0.717) is 18.5 Å². The molecule has 0 unspecified atom stereocenters. The summed E-state index contributed by atoms with van der Waals surface area (Å²) in [5.41, 5.74) is 3.22. The van der Waals surface area contributed by atoms with Crippen LogP contribution in [-0.4, -0.2) is 30.3 Å². The summed E-state index contributed by atoms with van der Waals surface area (Å²) < 4.78 is 5.18. The number of nitrogens with zero attached hydrogens (tertiary/aromatic N) is 3. The summed E-state index contributed by atoms with van der Waals surface area (Å²) in [7, 11) is 1.60. The standard InChI is InChI=1S/C19H17N3O2/c1-24-17-7-3-4-14(11-17)12-19(23)22-9-8-18(21-22)16-6-2-5-15(10-16)13-20/h2-7,10-11H,8-9,12H2,1H3. The summed E-state index contributed by atoms with van der Waals surface area (Å²) in [5, 5.41) is 14.9. The number of ether oxygens (including phenoxy) is 1. The van der Waals surface area contributed by atoms with Crippen LogP contribution in [0.1, 0.15) is 23.1 Å². The average molecular weight is 319 g/mol. The van der Waals surface area contributed by atoms with E-state index in [1.807, 2.05) is 36.4 Å². The Bertz CT molecular complexity index is 837. The van der Waals surface area contributed by atoms with E-state index in [-0.39, 0.29) is 12.3 Å². The van der Waals surface area contributed by atoms with Gasteiger partial charge in [-0.1, -0.05) is 24.3 Å². The number of methoxy groups -OCH3 is 1. The molecule has 0 radical (unpaired) electrons. The molecule has 0 bridgehead atoms. The lowest BCUT2D eigenvalue weighted by Gasteiger charge is -2.11. The van der Waals surface area contributed by atoms with Gasteiger partial charge in [-0.25, -0.2) is 5.01 Å². The third-order valence-corrected chi connectivity index (χ3v) is 3.90. The van der Waals surface area contributed by atoms with E-state index in [0.717, 1.165) is 22.6 Å². The van der Waals surface area contributed by atoms with Crippen molar-refractivity contribution < 1.29 is 9.53 Å². The van der Waals surface area contributed by atoms with Gasteiger partial charge in [-0.15, -0.1) is 0 Å². The van der Waals surface area contributed by atoms with Gasteiger partial charge in [0, 0.05) is 6.42 Å². The maximum Gasteiger partial charge on any atom is 0.247 e. The average Bonchev–Trinajstić information content (AvgIpc) is 3.12.